The highest BCUT2D eigenvalue weighted by Crippen LogP contribution is 2.38. The Bertz CT molecular complexity index is 202. The molecule has 1 N–H and O–H groups in total. The summed E-state index contributed by atoms with van der Waals surface area (Å²) in [4.78, 5) is 2.54. The molecule has 0 bridgehead atoms. The molecule has 0 radical (unpaired) electrons. The molecule has 0 saturated heterocycles. The number of nitrogens with zero attached hydrogens (tertiary/aromatic N) is 1. The topological polar surface area (TPSA) is 23.5 Å². The van der Waals surface area contributed by atoms with E-state index >= 15 is 0 Å². The van der Waals surface area contributed by atoms with Crippen LogP contribution in [0.4, 0.5) is 0 Å². The van der Waals surface area contributed by atoms with Crippen molar-refractivity contribution in [3.8, 4) is 0 Å². The molecule has 0 aromatic carbocycles. The van der Waals surface area contributed by atoms with Gasteiger partial charge in [-0.1, -0.05) is 35.2 Å². The summed E-state index contributed by atoms with van der Waals surface area (Å²) in [5, 5.41) is 10.1. The predicted octanol–water partition coefficient (Wildman–Crippen LogP) is 3.42. The monoisotopic (exact) mass is 305 g/mol. The second-order valence-corrected chi connectivity index (χ2v) is 6.40. The minimum Gasteiger partial charge on any atom is -0.396 e. The van der Waals surface area contributed by atoms with Gasteiger partial charge < -0.3 is 10.0 Å². The molecule has 1 aliphatic rings. The third-order valence-corrected chi connectivity index (χ3v) is 5.26. The molecule has 0 unspecified atom stereocenters. The number of hydrogen-bond acceptors (Lipinski definition) is 2. The number of halogens is 1. The lowest BCUT2D eigenvalue weighted by atomic mass is 9.75. The van der Waals surface area contributed by atoms with Gasteiger partial charge in [-0.05, 0) is 38.5 Å². The van der Waals surface area contributed by atoms with Crippen molar-refractivity contribution in [3.63, 3.8) is 0 Å². The molecule has 0 atom stereocenters. The van der Waals surface area contributed by atoms with Crippen molar-refractivity contribution in [2.45, 2.75) is 58.4 Å². The van der Waals surface area contributed by atoms with Gasteiger partial charge in [-0.15, -0.1) is 0 Å². The maximum absolute atomic E-state index is 8.99. The summed E-state index contributed by atoms with van der Waals surface area (Å²) in [7, 11) is 0. The fourth-order valence-electron chi connectivity index (χ4n) is 2.86. The van der Waals surface area contributed by atoms with Crippen LogP contribution in [-0.2, 0) is 0 Å². The number of aliphatic hydroxyl groups excluding tert-OH is 1. The van der Waals surface area contributed by atoms with E-state index in [0.717, 1.165) is 18.3 Å². The van der Waals surface area contributed by atoms with Gasteiger partial charge in [0.15, 0.2) is 0 Å². The van der Waals surface area contributed by atoms with E-state index < -0.39 is 0 Å². The minimum atomic E-state index is 0.310. The molecule has 1 aliphatic carbocycles. The highest BCUT2D eigenvalue weighted by atomic mass is 79.9. The third-order valence-electron chi connectivity index (χ3n) is 4.07. The van der Waals surface area contributed by atoms with Gasteiger partial charge >= 0.3 is 0 Å². The van der Waals surface area contributed by atoms with E-state index in [1.165, 1.54) is 38.6 Å². The molecule has 0 aromatic rings. The van der Waals surface area contributed by atoms with Gasteiger partial charge in [0.2, 0.25) is 0 Å². The van der Waals surface area contributed by atoms with E-state index in [0.29, 0.717) is 18.1 Å². The van der Waals surface area contributed by atoms with Crippen LogP contribution in [0.15, 0.2) is 0 Å². The molecular formula is C14H28BrNO. The Morgan fingerprint density at radius 1 is 1.24 bits per heavy atom. The van der Waals surface area contributed by atoms with E-state index in [-0.39, 0.29) is 0 Å². The van der Waals surface area contributed by atoms with Crippen molar-refractivity contribution in [2.75, 3.05) is 25.0 Å². The Hall–Kier alpha value is 0.400. The van der Waals surface area contributed by atoms with Crippen molar-refractivity contribution in [3.05, 3.63) is 0 Å². The summed E-state index contributed by atoms with van der Waals surface area (Å²) in [6, 6.07) is 0.583. The Morgan fingerprint density at radius 3 is 2.35 bits per heavy atom. The first kappa shape index (κ1) is 15.5. The molecule has 0 spiro atoms. The van der Waals surface area contributed by atoms with Crippen molar-refractivity contribution in [1.29, 1.82) is 0 Å². The van der Waals surface area contributed by atoms with Gasteiger partial charge in [0.1, 0.15) is 0 Å². The molecule has 1 saturated carbocycles. The van der Waals surface area contributed by atoms with Gasteiger partial charge in [0.05, 0.1) is 0 Å². The maximum atomic E-state index is 8.99. The van der Waals surface area contributed by atoms with E-state index in [2.05, 4.69) is 34.7 Å². The zero-order valence-electron chi connectivity index (χ0n) is 11.4. The fourth-order valence-corrected chi connectivity index (χ4v) is 3.60. The first-order valence-corrected chi connectivity index (χ1v) is 8.16. The first-order valence-electron chi connectivity index (χ1n) is 7.04. The number of alkyl halides is 1. The van der Waals surface area contributed by atoms with Gasteiger partial charge in [0, 0.05) is 31.1 Å². The Kier molecular flexibility index (Phi) is 7.05. The van der Waals surface area contributed by atoms with Crippen LogP contribution < -0.4 is 0 Å². The van der Waals surface area contributed by atoms with Crippen LogP contribution in [0.2, 0.25) is 0 Å². The first-order chi connectivity index (χ1) is 8.13. The van der Waals surface area contributed by atoms with Crippen molar-refractivity contribution >= 4 is 15.9 Å². The van der Waals surface area contributed by atoms with Crippen LogP contribution in [-0.4, -0.2) is 41.1 Å². The number of aliphatic hydroxyl groups is 1. The van der Waals surface area contributed by atoms with Gasteiger partial charge in [-0.3, -0.25) is 0 Å². The van der Waals surface area contributed by atoms with Crippen molar-refractivity contribution in [2.24, 2.45) is 5.41 Å². The average Bonchev–Trinajstić information content (AvgIpc) is 2.35. The second-order valence-electron chi connectivity index (χ2n) is 5.84. The summed E-state index contributed by atoms with van der Waals surface area (Å²) in [5.74, 6) is 0. The molecule has 0 amide bonds. The number of hydrogen-bond donors (Lipinski definition) is 1. The molecule has 0 heterocycles. The summed E-state index contributed by atoms with van der Waals surface area (Å²) in [6.07, 6.45) is 7.81. The standard InChI is InChI=1S/C14H28BrNO/c1-13(2)16(9-6-10-17)12-14(11-15)7-4-3-5-8-14/h13,17H,3-12H2,1-2H3. The zero-order valence-corrected chi connectivity index (χ0v) is 13.0. The smallest absolute Gasteiger partial charge is 0.0443 e. The molecule has 2 nitrogen and oxygen atoms in total. The molecule has 3 heteroatoms. The minimum absolute atomic E-state index is 0.310. The summed E-state index contributed by atoms with van der Waals surface area (Å²) in [5.41, 5.74) is 0.484. The van der Waals surface area contributed by atoms with Crippen LogP contribution in [0.5, 0.6) is 0 Å². The van der Waals surface area contributed by atoms with Crippen molar-refractivity contribution < 1.29 is 5.11 Å². The average molecular weight is 306 g/mol. The van der Waals surface area contributed by atoms with Crippen LogP contribution >= 0.6 is 15.9 Å². The summed E-state index contributed by atoms with van der Waals surface area (Å²) in [6.45, 7) is 7.06. The summed E-state index contributed by atoms with van der Waals surface area (Å²) >= 11 is 3.74. The lowest BCUT2D eigenvalue weighted by Gasteiger charge is -2.41. The molecule has 1 fully saturated rings. The second kappa shape index (κ2) is 7.75. The Labute approximate surface area is 115 Å². The molecule has 17 heavy (non-hydrogen) atoms. The number of rotatable bonds is 7. The molecule has 1 rings (SSSR count). The largest absolute Gasteiger partial charge is 0.396 e. The lowest BCUT2D eigenvalue weighted by molar-refractivity contribution is 0.0973. The quantitative estimate of drug-likeness (QED) is 0.729. The highest BCUT2D eigenvalue weighted by Gasteiger charge is 2.33. The zero-order chi connectivity index (χ0) is 12.7. The molecule has 0 aromatic heterocycles. The Morgan fingerprint density at radius 2 is 1.88 bits per heavy atom. The highest BCUT2D eigenvalue weighted by molar-refractivity contribution is 9.09. The lowest BCUT2D eigenvalue weighted by Crippen LogP contribution is -2.44. The predicted molar refractivity (Wildman–Crippen MR) is 77.7 cm³/mol. The van der Waals surface area contributed by atoms with Crippen LogP contribution in [0, 0.1) is 5.41 Å². The summed E-state index contributed by atoms with van der Waals surface area (Å²) < 4.78 is 0. The van der Waals surface area contributed by atoms with E-state index in [9.17, 15) is 0 Å². The van der Waals surface area contributed by atoms with E-state index in [1.54, 1.807) is 0 Å². The molecule has 102 valence electrons. The molecule has 0 aliphatic heterocycles. The van der Waals surface area contributed by atoms with Gasteiger partial charge in [-0.2, -0.15) is 0 Å². The Balaban J connectivity index is 2.55. The maximum Gasteiger partial charge on any atom is 0.0443 e. The van der Waals surface area contributed by atoms with Crippen molar-refractivity contribution in [1.82, 2.24) is 4.90 Å². The van der Waals surface area contributed by atoms with Crippen LogP contribution in [0.25, 0.3) is 0 Å². The van der Waals surface area contributed by atoms with Gasteiger partial charge in [0.25, 0.3) is 0 Å². The normalized spacial score (nSPS) is 20.1. The third kappa shape index (κ3) is 4.88. The van der Waals surface area contributed by atoms with Crippen LogP contribution in [0.1, 0.15) is 52.4 Å². The SMILES string of the molecule is CC(C)N(CCCO)CC1(CBr)CCCCC1. The van der Waals surface area contributed by atoms with E-state index in [4.69, 9.17) is 5.11 Å². The van der Waals surface area contributed by atoms with Gasteiger partial charge in [-0.25, -0.2) is 0 Å². The van der Waals surface area contributed by atoms with E-state index in [1.807, 2.05) is 0 Å². The van der Waals surface area contributed by atoms with Crippen LogP contribution in [0.3, 0.4) is 0 Å². The fraction of sp³-hybridized carbons (Fsp3) is 1.00. The molecular weight excluding hydrogens is 278 g/mol.